The number of aliphatic carboxylic acids is 1. The lowest BCUT2D eigenvalue weighted by Crippen LogP contribution is -2.16. The minimum absolute atomic E-state index is 0.652. The van der Waals surface area contributed by atoms with Crippen molar-refractivity contribution in [3.05, 3.63) is 12.7 Å². The second kappa shape index (κ2) is 4.18. The number of carboxylic acid groups (broad SMARTS) is 1. The Labute approximate surface area is 53.4 Å². The van der Waals surface area contributed by atoms with Crippen LogP contribution in [0, 0.1) is 0 Å². The van der Waals surface area contributed by atoms with Crippen LogP contribution in [-0.4, -0.2) is 17.2 Å². The monoisotopic (exact) mass is 148 g/mol. The Morgan fingerprint density at radius 2 is 2.44 bits per heavy atom. The summed E-state index contributed by atoms with van der Waals surface area (Å²) in [4.78, 5) is 9.98. The second-order valence-electron chi connectivity index (χ2n) is 1.17. The van der Waals surface area contributed by atoms with E-state index in [9.17, 15) is 9.36 Å². The molecule has 5 heteroatoms. The number of rotatable bonds is 4. The molecule has 9 heavy (non-hydrogen) atoms. The van der Waals surface area contributed by atoms with Crippen LogP contribution in [0.1, 0.15) is 0 Å². The molecule has 0 saturated heterocycles. The number of hydrogen-bond acceptors (Lipinski definition) is 3. The number of hydrogen-bond donors (Lipinski definition) is 1. The molecular weight excluding hydrogens is 143 g/mol. The van der Waals surface area contributed by atoms with Gasteiger partial charge in [-0.25, -0.2) is 9.36 Å². The van der Waals surface area contributed by atoms with Crippen LogP contribution < -0.4 is 0 Å². The Hall–Kier alpha value is -0.730. The van der Waals surface area contributed by atoms with Crippen LogP contribution in [0.4, 0.5) is 0 Å². The van der Waals surface area contributed by atoms with Gasteiger partial charge >= 0.3 is 14.7 Å². The highest BCUT2D eigenvalue weighted by Gasteiger charge is 2.12. The molecule has 0 aromatic heterocycles. The zero-order chi connectivity index (χ0) is 7.28. The third-order valence-corrected chi connectivity index (χ3v) is 0.927. The molecule has 0 aliphatic carbocycles. The minimum atomic E-state index is -1.20. The molecule has 0 aromatic carbocycles. The van der Waals surface area contributed by atoms with Crippen molar-refractivity contribution in [2.45, 2.75) is 6.10 Å². The van der Waals surface area contributed by atoms with Gasteiger partial charge in [0.05, 0.1) is 0 Å². The van der Waals surface area contributed by atoms with E-state index in [1.165, 1.54) is 0 Å². The van der Waals surface area contributed by atoms with Crippen LogP contribution in [0.2, 0.25) is 0 Å². The van der Waals surface area contributed by atoms with Crippen LogP contribution in [-0.2, 0) is 13.9 Å². The molecular formula is C4H5O4P. The highest BCUT2D eigenvalue weighted by Crippen LogP contribution is 2.03. The van der Waals surface area contributed by atoms with Gasteiger partial charge in [0.1, 0.15) is 0 Å². The van der Waals surface area contributed by atoms with Gasteiger partial charge in [-0.2, -0.15) is 0 Å². The van der Waals surface area contributed by atoms with Crippen molar-refractivity contribution in [1.29, 1.82) is 0 Å². The van der Waals surface area contributed by atoms with Crippen LogP contribution in [0.5, 0.6) is 0 Å². The largest absolute Gasteiger partial charge is 0.479 e. The highest BCUT2D eigenvalue weighted by molar-refractivity contribution is 7.17. The third kappa shape index (κ3) is 2.95. The summed E-state index contributed by atoms with van der Waals surface area (Å²) in [6, 6.07) is 0. The number of carboxylic acids is 1. The molecule has 50 valence electrons. The predicted octanol–water partition coefficient (Wildman–Crippen LogP) is 0.849. The molecule has 0 rings (SSSR count). The average Bonchev–Trinajstić information content (AvgIpc) is 1.82. The lowest BCUT2D eigenvalue weighted by atomic mass is 10.4. The molecule has 1 N–H and O–H groups in total. The molecule has 0 bridgehead atoms. The maximum absolute atomic E-state index is 9.98. The number of carbonyl (C=O) groups is 1. The van der Waals surface area contributed by atoms with E-state index in [1.807, 2.05) is 0 Å². The molecule has 0 saturated carbocycles. The summed E-state index contributed by atoms with van der Waals surface area (Å²) in [6.45, 7) is 3.15. The van der Waals surface area contributed by atoms with E-state index in [2.05, 4.69) is 11.1 Å². The van der Waals surface area contributed by atoms with Gasteiger partial charge in [0, 0.05) is 0 Å². The van der Waals surface area contributed by atoms with Gasteiger partial charge in [-0.3, -0.25) is 4.52 Å². The quantitative estimate of drug-likeness (QED) is 0.474. The predicted molar refractivity (Wildman–Crippen MR) is 30.3 cm³/mol. The van der Waals surface area contributed by atoms with Crippen LogP contribution in [0.3, 0.4) is 0 Å². The van der Waals surface area contributed by atoms with Crippen molar-refractivity contribution >= 4 is 14.7 Å². The van der Waals surface area contributed by atoms with E-state index >= 15 is 0 Å². The molecule has 4 nitrogen and oxygen atoms in total. The zero-order valence-electron chi connectivity index (χ0n) is 4.48. The lowest BCUT2D eigenvalue weighted by molar-refractivity contribution is -0.142. The van der Waals surface area contributed by atoms with Crippen molar-refractivity contribution < 1.29 is 19.0 Å². The van der Waals surface area contributed by atoms with E-state index in [0.29, 0.717) is 0 Å². The maximum atomic E-state index is 9.98. The Morgan fingerprint density at radius 3 is 2.56 bits per heavy atom. The van der Waals surface area contributed by atoms with Crippen molar-refractivity contribution in [3.8, 4) is 0 Å². The molecule has 0 amide bonds. The van der Waals surface area contributed by atoms with Gasteiger partial charge in [0.2, 0.25) is 0 Å². The third-order valence-electron chi connectivity index (χ3n) is 0.614. The van der Waals surface area contributed by atoms with E-state index in [1.54, 1.807) is 0 Å². The Balaban J connectivity index is 3.81. The molecule has 1 unspecified atom stereocenters. The van der Waals surface area contributed by atoms with Gasteiger partial charge < -0.3 is 5.11 Å². The van der Waals surface area contributed by atoms with E-state index in [0.717, 1.165) is 6.08 Å². The summed E-state index contributed by atoms with van der Waals surface area (Å²) in [6.07, 6.45) is -0.128. The van der Waals surface area contributed by atoms with Gasteiger partial charge in [-0.1, -0.05) is 12.7 Å². The van der Waals surface area contributed by atoms with Crippen molar-refractivity contribution in [3.63, 3.8) is 0 Å². The summed E-state index contributed by atoms with van der Waals surface area (Å²) in [5, 5.41) is 8.16. The highest BCUT2D eigenvalue weighted by atomic mass is 31.1. The van der Waals surface area contributed by atoms with Crippen molar-refractivity contribution in [2.24, 2.45) is 0 Å². The topological polar surface area (TPSA) is 63.6 Å². The molecule has 0 aromatic rings. The van der Waals surface area contributed by atoms with Gasteiger partial charge in [0.25, 0.3) is 0 Å². The molecule has 0 aliphatic rings. The van der Waals surface area contributed by atoms with Crippen LogP contribution in [0.25, 0.3) is 0 Å². The molecule has 0 spiro atoms. The fourth-order valence-corrected chi connectivity index (χ4v) is 0.504. The van der Waals surface area contributed by atoms with Crippen molar-refractivity contribution in [2.75, 3.05) is 0 Å². The first kappa shape index (κ1) is 8.27. The maximum Gasteiger partial charge on any atom is 0.337 e. The molecule has 0 fully saturated rings. The summed E-state index contributed by atoms with van der Waals surface area (Å²) < 4.78 is 13.8. The van der Waals surface area contributed by atoms with Crippen molar-refractivity contribution in [1.82, 2.24) is 0 Å². The Kier molecular flexibility index (Phi) is 3.84. The summed E-state index contributed by atoms with van der Waals surface area (Å²) in [5.74, 6) is -1.20. The Bertz CT molecular complexity index is 133. The first-order chi connectivity index (χ1) is 4.22. The van der Waals surface area contributed by atoms with E-state index in [4.69, 9.17) is 5.11 Å². The molecule has 0 aliphatic heterocycles. The second-order valence-corrected chi connectivity index (χ2v) is 1.53. The Morgan fingerprint density at radius 1 is 1.89 bits per heavy atom. The summed E-state index contributed by atoms with van der Waals surface area (Å²) in [7, 11) is -0.652. The average molecular weight is 148 g/mol. The summed E-state index contributed by atoms with van der Waals surface area (Å²) in [5.41, 5.74) is 0. The molecule has 1 atom stereocenters. The summed E-state index contributed by atoms with van der Waals surface area (Å²) >= 11 is 0. The standard InChI is InChI=1S/C4H5O4P/c1-2-3(4(5)6)8-9-7/h2-3H,1H2,(H,5,6). The fraction of sp³-hybridized carbons (Fsp3) is 0.250. The van der Waals surface area contributed by atoms with E-state index in [-0.39, 0.29) is 0 Å². The first-order valence-electron chi connectivity index (χ1n) is 2.06. The smallest absolute Gasteiger partial charge is 0.337 e. The van der Waals surface area contributed by atoms with E-state index < -0.39 is 20.8 Å². The van der Waals surface area contributed by atoms with Crippen LogP contribution in [0.15, 0.2) is 12.7 Å². The normalized spacial score (nSPS) is 12.9. The molecule has 0 radical (unpaired) electrons. The van der Waals surface area contributed by atoms with Crippen LogP contribution >= 0.6 is 8.69 Å². The lowest BCUT2D eigenvalue weighted by Gasteiger charge is -1.98. The first-order valence-corrected chi connectivity index (χ1v) is 2.79. The minimum Gasteiger partial charge on any atom is -0.479 e. The zero-order valence-corrected chi connectivity index (χ0v) is 5.38. The SMILES string of the molecule is C=CC(OP=O)C(=O)O. The molecule has 0 heterocycles. The fourth-order valence-electron chi connectivity index (χ4n) is 0.235. The van der Waals surface area contributed by atoms with Gasteiger partial charge in [-0.15, -0.1) is 0 Å². The van der Waals surface area contributed by atoms with Gasteiger partial charge in [0.15, 0.2) is 6.10 Å². The van der Waals surface area contributed by atoms with Gasteiger partial charge in [-0.05, 0) is 0 Å².